The van der Waals surface area contributed by atoms with Crippen molar-refractivity contribution < 1.29 is 5.11 Å². The first-order valence-electron chi connectivity index (χ1n) is 13.5. The number of aliphatic hydroxyl groups is 1. The van der Waals surface area contributed by atoms with Crippen LogP contribution in [0.25, 0.3) is 16.9 Å². The van der Waals surface area contributed by atoms with Crippen molar-refractivity contribution in [2.75, 3.05) is 55.4 Å². The van der Waals surface area contributed by atoms with E-state index in [0.717, 1.165) is 31.9 Å². The molecule has 2 aliphatic heterocycles. The maximum Gasteiger partial charge on any atom is 0.278 e. The predicted molar refractivity (Wildman–Crippen MR) is 158 cm³/mol. The Balaban J connectivity index is 1.41. The van der Waals surface area contributed by atoms with Gasteiger partial charge in [-0.3, -0.25) is 4.79 Å². The van der Waals surface area contributed by atoms with E-state index in [4.69, 9.17) is 4.98 Å². The number of pyridine rings is 1. The van der Waals surface area contributed by atoms with E-state index in [-0.39, 0.29) is 12.1 Å². The van der Waals surface area contributed by atoms with Gasteiger partial charge in [0.2, 0.25) is 5.95 Å². The minimum atomic E-state index is -1.15. The van der Waals surface area contributed by atoms with E-state index in [0.29, 0.717) is 34.5 Å². The van der Waals surface area contributed by atoms with Crippen LogP contribution in [0.4, 0.5) is 23.0 Å². The van der Waals surface area contributed by atoms with Gasteiger partial charge in [-0.05, 0) is 51.2 Å². The molecule has 6 rings (SSSR count). The number of hydrogen-bond acceptors (Lipinski definition) is 9. The maximum atomic E-state index is 13.3. The quantitative estimate of drug-likeness (QED) is 0.356. The average Bonchev–Trinajstić information content (AvgIpc) is 3.19. The molecular formula is C29H35N9O2. The summed E-state index contributed by atoms with van der Waals surface area (Å²) < 4.78 is 3.19. The lowest BCUT2D eigenvalue weighted by Gasteiger charge is -2.48. The second-order valence-electron chi connectivity index (χ2n) is 11.2. The van der Waals surface area contributed by atoms with Crippen molar-refractivity contribution in [1.29, 1.82) is 0 Å². The van der Waals surface area contributed by atoms with Crippen LogP contribution in [0.3, 0.4) is 0 Å². The molecule has 0 spiro atoms. The van der Waals surface area contributed by atoms with Crippen LogP contribution in [-0.2, 0) is 12.1 Å². The lowest BCUT2D eigenvalue weighted by Crippen LogP contribution is -2.58. The number of anilines is 4. The zero-order valence-corrected chi connectivity index (χ0v) is 23.4. The maximum absolute atomic E-state index is 13.3. The number of aromatic nitrogens is 5. The van der Waals surface area contributed by atoms with Crippen molar-refractivity contribution in [3.05, 3.63) is 71.3 Å². The molecule has 0 radical (unpaired) electrons. The molecule has 0 aliphatic carbocycles. The van der Waals surface area contributed by atoms with Gasteiger partial charge < -0.3 is 25.1 Å². The Labute approximate surface area is 233 Å². The lowest BCUT2D eigenvalue weighted by atomic mass is 10.0. The van der Waals surface area contributed by atoms with Gasteiger partial charge in [-0.1, -0.05) is 12.1 Å². The minimum absolute atomic E-state index is 0.241. The van der Waals surface area contributed by atoms with Gasteiger partial charge in [-0.2, -0.15) is 4.98 Å². The summed E-state index contributed by atoms with van der Waals surface area (Å²) in [5.41, 5.74) is 2.78. The number of likely N-dealkylation sites (N-methyl/N-ethyl adjacent to an activating group) is 2. The standard InChI is InChI=1S/C29H35N9O2/c1-6-12-37-27(39)21-16-30-28(33-26(21)38(37)25-9-7-8-24(32-25)29(2,3)40)31-19-10-11-22-23(15-19)36-14-13-34(4)17-20(36)18-35(22)5/h6-11,15-16,20,40H,1,12-14,17-18H2,2-5H3,(H,30,31,33). The summed E-state index contributed by atoms with van der Waals surface area (Å²) in [4.78, 5) is 34.4. The lowest BCUT2D eigenvalue weighted by molar-refractivity contribution is 0.0738. The van der Waals surface area contributed by atoms with Crippen LogP contribution in [0.5, 0.6) is 0 Å². The van der Waals surface area contributed by atoms with E-state index in [1.165, 1.54) is 16.1 Å². The van der Waals surface area contributed by atoms with Crippen molar-refractivity contribution in [1.82, 2.24) is 29.2 Å². The van der Waals surface area contributed by atoms with Gasteiger partial charge in [0.1, 0.15) is 11.0 Å². The smallest absolute Gasteiger partial charge is 0.278 e. The molecule has 0 saturated carbocycles. The number of nitrogens with zero attached hydrogens (tertiary/aromatic N) is 8. The first-order valence-corrected chi connectivity index (χ1v) is 13.5. The summed E-state index contributed by atoms with van der Waals surface area (Å²) in [6.45, 7) is 11.5. The molecular weight excluding hydrogens is 506 g/mol. The van der Waals surface area contributed by atoms with Gasteiger partial charge in [0.15, 0.2) is 11.5 Å². The van der Waals surface area contributed by atoms with Crippen molar-refractivity contribution in [3.63, 3.8) is 0 Å². The summed E-state index contributed by atoms with van der Waals surface area (Å²) in [6.07, 6.45) is 3.20. The number of benzene rings is 1. The van der Waals surface area contributed by atoms with E-state index in [1.54, 1.807) is 49.0 Å². The molecule has 0 bridgehead atoms. The second-order valence-corrected chi connectivity index (χ2v) is 11.2. The van der Waals surface area contributed by atoms with Gasteiger partial charge in [-0.15, -0.1) is 6.58 Å². The summed E-state index contributed by atoms with van der Waals surface area (Å²) in [7, 11) is 4.32. The molecule has 1 unspecified atom stereocenters. The largest absolute Gasteiger partial charge is 0.384 e. The Bertz CT molecular complexity index is 1650. The fourth-order valence-electron chi connectivity index (χ4n) is 5.67. The van der Waals surface area contributed by atoms with E-state index >= 15 is 0 Å². The molecule has 11 heteroatoms. The van der Waals surface area contributed by atoms with Crippen molar-refractivity contribution in [2.45, 2.75) is 32.0 Å². The molecule has 1 atom stereocenters. The Kier molecular flexibility index (Phi) is 6.35. The van der Waals surface area contributed by atoms with Crippen molar-refractivity contribution in [3.8, 4) is 5.82 Å². The normalized spacial score (nSPS) is 17.6. The van der Waals surface area contributed by atoms with Gasteiger partial charge >= 0.3 is 0 Å². The summed E-state index contributed by atoms with van der Waals surface area (Å²) in [6, 6.07) is 12.1. The Morgan fingerprint density at radius 1 is 1.12 bits per heavy atom. The molecule has 4 aromatic rings. The molecule has 11 nitrogen and oxygen atoms in total. The highest BCUT2D eigenvalue weighted by molar-refractivity contribution is 5.80. The molecule has 2 N–H and O–H groups in total. The van der Waals surface area contributed by atoms with Gasteiger partial charge in [0.05, 0.1) is 29.7 Å². The van der Waals surface area contributed by atoms with Crippen LogP contribution in [0.2, 0.25) is 0 Å². The number of allylic oxidation sites excluding steroid dienone is 1. The van der Waals surface area contributed by atoms with Crippen LogP contribution >= 0.6 is 0 Å². The zero-order chi connectivity index (χ0) is 28.2. The molecule has 2 aliphatic rings. The fourth-order valence-corrected chi connectivity index (χ4v) is 5.67. The van der Waals surface area contributed by atoms with Crippen molar-refractivity contribution >= 4 is 34.0 Å². The number of fused-ring (bicyclic) bond motifs is 4. The van der Waals surface area contributed by atoms with Gasteiger partial charge in [0, 0.05) is 45.1 Å². The molecule has 1 fully saturated rings. The third-order valence-corrected chi connectivity index (χ3v) is 7.68. The highest BCUT2D eigenvalue weighted by Crippen LogP contribution is 2.38. The number of piperazine rings is 1. The molecule has 0 amide bonds. The Hall–Kier alpha value is -4.22. The SMILES string of the molecule is C=CCn1c(=O)c2cnc(Nc3ccc4c(c3)N3CCN(C)CC3CN4C)nc2n1-c1cccc(C(C)(C)O)n1. The first kappa shape index (κ1) is 26.0. The van der Waals surface area contributed by atoms with Crippen LogP contribution in [0.15, 0.2) is 60.0 Å². The van der Waals surface area contributed by atoms with E-state index in [1.807, 2.05) is 6.07 Å². The number of rotatable bonds is 6. The van der Waals surface area contributed by atoms with Crippen LogP contribution in [0, 0.1) is 0 Å². The van der Waals surface area contributed by atoms with Crippen LogP contribution in [-0.4, -0.2) is 80.6 Å². The highest BCUT2D eigenvalue weighted by atomic mass is 16.3. The topological polar surface area (TPSA) is 108 Å². The third kappa shape index (κ3) is 4.50. The second kappa shape index (κ2) is 9.76. The molecule has 3 aromatic heterocycles. The number of hydrogen-bond donors (Lipinski definition) is 2. The Morgan fingerprint density at radius 3 is 2.73 bits per heavy atom. The van der Waals surface area contributed by atoms with Crippen molar-refractivity contribution in [2.24, 2.45) is 0 Å². The van der Waals surface area contributed by atoms with Gasteiger partial charge in [0.25, 0.3) is 5.56 Å². The van der Waals surface area contributed by atoms with E-state index in [9.17, 15) is 9.90 Å². The molecule has 5 heterocycles. The molecule has 208 valence electrons. The molecule has 40 heavy (non-hydrogen) atoms. The molecule has 1 aromatic carbocycles. The van der Waals surface area contributed by atoms with E-state index < -0.39 is 5.60 Å². The highest BCUT2D eigenvalue weighted by Gasteiger charge is 2.33. The van der Waals surface area contributed by atoms with Crippen LogP contribution < -0.4 is 20.7 Å². The van der Waals surface area contributed by atoms with Gasteiger partial charge in [-0.25, -0.2) is 19.3 Å². The average molecular weight is 542 g/mol. The monoisotopic (exact) mass is 541 g/mol. The fraction of sp³-hybridized carbons (Fsp3) is 0.379. The van der Waals surface area contributed by atoms with Crippen LogP contribution in [0.1, 0.15) is 19.5 Å². The summed E-state index contributed by atoms with van der Waals surface area (Å²) in [5.74, 6) is 0.839. The first-order chi connectivity index (χ1) is 19.1. The Morgan fingerprint density at radius 2 is 1.95 bits per heavy atom. The predicted octanol–water partition coefficient (Wildman–Crippen LogP) is 2.70. The minimum Gasteiger partial charge on any atom is -0.384 e. The zero-order valence-electron chi connectivity index (χ0n) is 23.4. The van der Waals surface area contributed by atoms with E-state index in [2.05, 4.69) is 62.8 Å². The summed E-state index contributed by atoms with van der Waals surface area (Å²) in [5, 5.41) is 14.3. The number of nitrogens with one attached hydrogen (secondary N) is 1. The molecule has 1 saturated heterocycles. The summed E-state index contributed by atoms with van der Waals surface area (Å²) >= 11 is 0. The third-order valence-electron chi connectivity index (χ3n) is 7.68.